The lowest BCUT2D eigenvalue weighted by Crippen LogP contribution is -2.48. The van der Waals surface area contributed by atoms with Gasteiger partial charge in [-0.1, -0.05) is 12.1 Å². The van der Waals surface area contributed by atoms with E-state index in [1.165, 1.54) is 28.4 Å². The molecule has 1 N–H and O–H groups in total. The smallest absolute Gasteiger partial charge is 0.410 e. The van der Waals surface area contributed by atoms with Gasteiger partial charge in [0.15, 0.2) is 6.10 Å². The Bertz CT molecular complexity index is 1210. The van der Waals surface area contributed by atoms with E-state index < -0.39 is 35.6 Å². The summed E-state index contributed by atoms with van der Waals surface area (Å²) in [4.78, 5) is 31.5. The maximum atomic E-state index is 14.8. The van der Waals surface area contributed by atoms with Crippen molar-refractivity contribution < 1.29 is 23.5 Å². The van der Waals surface area contributed by atoms with E-state index in [-0.39, 0.29) is 25.1 Å². The van der Waals surface area contributed by atoms with Crippen LogP contribution >= 0.6 is 11.3 Å². The first-order valence-electron chi connectivity index (χ1n) is 11.5. The average molecular weight is 514 g/mol. The number of nitrogens with zero attached hydrogens (tertiary/aromatic N) is 4. The van der Waals surface area contributed by atoms with Gasteiger partial charge in [0, 0.05) is 25.1 Å². The Kier molecular flexibility index (Phi) is 8.62. The van der Waals surface area contributed by atoms with E-state index in [2.05, 4.69) is 16.4 Å². The van der Waals surface area contributed by atoms with Gasteiger partial charge < -0.3 is 19.7 Å². The molecule has 1 aromatic carbocycles. The van der Waals surface area contributed by atoms with Crippen LogP contribution in [0.2, 0.25) is 0 Å². The Hall–Kier alpha value is -3.54. The van der Waals surface area contributed by atoms with Crippen LogP contribution in [0.15, 0.2) is 18.2 Å². The lowest BCUT2D eigenvalue weighted by Gasteiger charge is -2.27. The second-order valence-electron chi connectivity index (χ2n) is 9.39. The minimum atomic E-state index is -1.01. The summed E-state index contributed by atoms with van der Waals surface area (Å²) in [5, 5.41) is 21.8. The van der Waals surface area contributed by atoms with Crippen molar-refractivity contribution in [3.8, 4) is 22.7 Å². The fourth-order valence-corrected chi connectivity index (χ4v) is 4.42. The van der Waals surface area contributed by atoms with Gasteiger partial charge in [0.05, 0.1) is 18.3 Å². The minimum Gasteiger partial charge on any atom is -0.444 e. The molecule has 1 aliphatic rings. The minimum absolute atomic E-state index is 0.0140. The normalized spacial score (nSPS) is 16.9. The molecule has 2 amide bonds. The van der Waals surface area contributed by atoms with Gasteiger partial charge in [-0.2, -0.15) is 10.5 Å². The van der Waals surface area contributed by atoms with E-state index in [0.717, 1.165) is 0 Å². The summed E-state index contributed by atoms with van der Waals surface area (Å²) in [6.07, 6.45) is -1.04. The second kappa shape index (κ2) is 11.5. The summed E-state index contributed by atoms with van der Waals surface area (Å²) < 4.78 is 25.9. The van der Waals surface area contributed by atoms with Crippen molar-refractivity contribution in [3.05, 3.63) is 40.2 Å². The number of nitrogens with one attached hydrogen (secondary N) is 1. The van der Waals surface area contributed by atoms with Crippen LogP contribution < -0.4 is 5.32 Å². The fraction of sp³-hybridized carbons (Fsp3) is 0.480. The first kappa shape index (κ1) is 27.1. The van der Waals surface area contributed by atoms with Crippen molar-refractivity contribution in [2.75, 3.05) is 19.7 Å². The highest BCUT2D eigenvalue weighted by molar-refractivity contribution is 7.15. The van der Waals surface area contributed by atoms with Crippen LogP contribution in [0.3, 0.4) is 0 Å². The van der Waals surface area contributed by atoms with Gasteiger partial charge in [-0.25, -0.2) is 14.2 Å². The number of thiazole rings is 1. The molecule has 1 saturated heterocycles. The molecule has 0 radical (unpaired) electrons. The number of aryl methyl sites for hydroxylation is 1. The summed E-state index contributed by atoms with van der Waals surface area (Å²) in [6.45, 7) is 7.63. The number of nitriles is 2. The van der Waals surface area contributed by atoms with Crippen LogP contribution in [-0.4, -0.2) is 59.3 Å². The predicted molar refractivity (Wildman–Crippen MR) is 130 cm³/mol. The van der Waals surface area contributed by atoms with Gasteiger partial charge in [0.1, 0.15) is 33.4 Å². The highest BCUT2D eigenvalue weighted by atomic mass is 32.1. The van der Waals surface area contributed by atoms with Crippen LogP contribution in [0.5, 0.6) is 0 Å². The summed E-state index contributed by atoms with van der Waals surface area (Å²) in [5.41, 5.74) is 0.679. The van der Waals surface area contributed by atoms with Crippen molar-refractivity contribution in [3.63, 3.8) is 0 Å². The maximum Gasteiger partial charge on any atom is 0.410 e. The number of carbonyl (C=O) groups excluding carboxylic acids is 2. The molecule has 1 aliphatic heterocycles. The van der Waals surface area contributed by atoms with Crippen LogP contribution in [-0.2, 0) is 20.7 Å². The molecule has 190 valence electrons. The van der Waals surface area contributed by atoms with E-state index in [9.17, 15) is 19.2 Å². The first-order valence-corrected chi connectivity index (χ1v) is 12.3. The third-order valence-corrected chi connectivity index (χ3v) is 6.43. The Morgan fingerprint density at radius 2 is 2.14 bits per heavy atom. The Morgan fingerprint density at radius 1 is 1.39 bits per heavy atom. The van der Waals surface area contributed by atoms with Crippen LogP contribution in [0.1, 0.15) is 43.3 Å². The highest BCUT2D eigenvalue weighted by Gasteiger charge is 2.31. The molecular weight excluding hydrogens is 485 g/mol. The molecule has 36 heavy (non-hydrogen) atoms. The van der Waals surface area contributed by atoms with Crippen molar-refractivity contribution >= 4 is 23.3 Å². The molecule has 1 aromatic heterocycles. The van der Waals surface area contributed by atoms with Crippen molar-refractivity contribution in [1.29, 1.82) is 10.5 Å². The quantitative estimate of drug-likeness (QED) is 0.645. The second-order valence-corrected chi connectivity index (χ2v) is 10.4. The Morgan fingerprint density at radius 3 is 2.75 bits per heavy atom. The number of hydrogen-bond donors (Lipinski definition) is 1. The molecule has 0 unspecified atom stereocenters. The van der Waals surface area contributed by atoms with Crippen LogP contribution in [0.25, 0.3) is 10.6 Å². The fourth-order valence-electron chi connectivity index (χ4n) is 3.56. The molecule has 2 atom stereocenters. The van der Waals surface area contributed by atoms with E-state index >= 15 is 0 Å². The predicted octanol–water partition coefficient (Wildman–Crippen LogP) is 3.71. The van der Waals surface area contributed by atoms with Gasteiger partial charge in [-0.3, -0.25) is 4.79 Å². The number of hydrogen-bond acceptors (Lipinski definition) is 8. The molecule has 9 nitrogen and oxygen atoms in total. The van der Waals surface area contributed by atoms with Gasteiger partial charge in [0.2, 0.25) is 0 Å². The van der Waals surface area contributed by atoms with E-state index in [1.54, 1.807) is 33.8 Å². The summed E-state index contributed by atoms with van der Waals surface area (Å²) in [7, 11) is 0. The van der Waals surface area contributed by atoms with Crippen LogP contribution in [0, 0.1) is 35.4 Å². The number of amides is 2. The molecule has 2 aromatic rings. The zero-order valence-electron chi connectivity index (χ0n) is 20.6. The standard InChI is InChI=1S/C25H28FN5O4S/c1-15-21(13-28)36-23(29-15)17-7-6-16(19(26)11-17)10-18(12-27)30-22(32)20-14-31(8-5-9-34-20)24(33)35-25(2,3)4/h6-7,11,18,20H,5,8-10,14H2,1-4H3,(H,30,32)/t18-,20-/m0/s1. The van der Waals surface area contributed by atoms with Crippen molar-refractivity contribution in [1.82, 2.24) is 15.2 Å². The number of carbonyl (C=O) groups is 2. The molecule has 0 saturated carbocycles. The molecule has 0 aliphatic carbocycles. The lowest BCUT2D eigenvalue weighted by atomic mass is 10.0. The lowest BCUT2D eigenvalue weighted by molar-refractivity contribution is -0.133. The van der Waals surface area contributed by atoms with Gasteiger partial charge in [0.25, 0.3) is 5.91 Å². The molecule has 1 fully saturated rings. The monoisotopic (exact) mass is 513 g/mol. The Labute approximate surface area is 213 Å². The number of aromatic nitrogens is 1. The summed E-state index contributed by atoms with van der Waals surface area (Å²) in [6, 6.07) is 7.55. The topological polar surface area (TPSA) is 128 Å². The number of rotatable bonds is 5. The maximum absolute atomic E-state index is 14.8. The zero-order chi connectivity index (χ0) is 26.5. The molecule has 11 heteroatoms. The van der Waals surface area contributed by atoms with E-state index in [0.29, 0.717) is 34.1 Å². The SMILES string of the molecule is Cc1nc(-c2ccc(C[C@@H](C#N)NC(=O)[C@@H]3CN(C(=O)OC(C)(C)C)CCCO3)c(F)c2)sc1C#N. The number of halogens is 1. The van der Waals surface area contributed by atoms with Crippen molar-refractivity contribution in [2.45, 2.75) is 58.3 Å². The third-order valence-electron chi connectivity index (χ3n) is 5.32. The van der Waals surface area contributed by atoms with E-state index in [4.69, 9.17) is 14.7 Å². The molecule has 3 rings (SSSR count). The summed E-state index contributed by atoms with van der Waals surface area (Å²) in [5.74, 6) is -1.11. The van der Waals surface area contributed by atoms with E-state index in [1.807, 2.05) is 6.07 Å². The molecule has 2 heterocycles. The average Bonchev–Trinajstić information content (AvgIpc) is 3.02. The molecular formula is C25H28FN5O4S. The summed E-state index contributed by atoms with van der Waals surface area (Å²) >= 11 is 1.18. The van der Waals surface area contributed by atoms with Crippen LogP contribution in [0.4, 0.5) is 9.18 Å². The zero-order valence-corrected chi connectivity index (χ0v) is 21.4. The first-order chi connectivity index (χ1) is 17.0. The van der Waals surface area contributed by atoms with Gasteiger partial charge in [-0.15, -0.1) is 11.3 Å². The largest absolute Gasteiger partial charge is 0.444 e. The van der Waals surface area contributed by atoms with Crippen molar-refractivity contribution in [2.24, 2.45) is 0 Å². The third kappa shape index (κ3) is 7.00. The number of benzene rings is 1. The molecule has 0 spiro atoms. The highest BCUT2D eigenvalue weighted by Crippen LogP contribution is 2.29. The Balaban J connectivity index is 1.66. The van der Waals surface area contributed by atoms with Gasteiger partial charge >= 0.3 is 6.09 Å². The van der Waals surface area contributed by atoms with Gasteiger partial charge in [-0.05, 0) is 45.7 Å². The molecule has 0 bridgehead atoms. The number of ether oxygens (including phenoxy) is 2.